The average molecular weight is 394 g/mol. The summed E-state index contributed by atoms with van der Waals surface area (Å²) in [5.41, 5.74) is 1.97. The van der Waals surface area contributed by atoms with E-state index < -0.39 is 0 Å². The zero-order valence-electron chi connectivity index (χ0n) is 16.5. The monoisotopic (exact) mass is 394 g/mol. The fraction of sp³-hybridized carbons (Fsp3) is 0.435. The first-order valence-electron chi connectivity index (χ1n) is 10.3. The van der Waals surface area contributed by atoms with Gasteiger partial charge in [0.2, 0.25) is 6.79 Å². The van der Waals surface area contributed by atoms with E-state index in [-0.39, 0.29) is 18.2 Å². The van der Waals surface area contributed by atoms with Crippen LogP contribution in [0.5, 0.6) is 11.5 Å². The quantitative estimate of drug-likeness (QED) is 0.801. The van der Waals surface area contributed by atoms with Crippen LogP contribution in [0, 0.1) is 0 Å². The number of nitrogens with zero attached hydrogens (tertiary/aromatic N) is 2. The van der Waals surface area contributed by atoms with E-state index in [1.54, 1.807) is 6.07 Å². The maximum absolute atomic E-state index is 13.1. The van der Waals surface area contributed by atoms with Crippen LogP contribution in [-0.2, 0) is 10.3 Å². The van der Waals surface area contributed by atoms with Gasteiger partial charge in [-0.2, -0.15) is 0 Å². The number of amides is 1. The summed E-state index contributed by atoms with van der Waals surface area (Å²) in [6.07, 6.45) is 1.85. The first-order chi connectivity index (χ1) is 14.3. The molecule has 0 saturated carbocycles. The Morgan fingerprint density at radius 3 is 2.34 bits per heavy atom. The molecule has 0 N–H and O–H groups in total. The van der Waals surface area contributed by atoms with Crippen LogP contribution in [-0.4, -0.2) is 61.9 Å². The number of likely N-dealkylation sites (tertiary alicyclic amines) is 1. The van der Waals surface area contributed by atoms with Gasteiger partial charge < -0.3 is 19.1 Å². The molecule has 152 valence electrons. The van der Waals surface area contributed by atoms with Crippen molar-refractivity contribution in [1.82, 2.24) is 9.80 Å². The molecule has 0 spiro atoms. The predicted molar refractivity (Wildman–Crippen MR) is 108 cm³/mol. The molecule has 5 rings (SSSR count). The Bertz CT molecular complexity index is 872. The van der Waals surface area contributed by atoms with Crippen molar-refractivity contribution in [2.75, 3.05) is 46.2 Å². The summed E-state index contributed by atoms with van der Waals surface area (Å²) in [6, 6.07) is 16.2. The molecule has 2 fully saturated rings. The second-order valence-corrected chi connectivity index (χ2v) is 7.86. The van der Waals surface area contributed by atoms with E-state index in [0.717, 1.165) is 52.2 Å². The highest BCUT2D eigenvalue weighted by Gasteiger charge is 2.42. The summed E-state index contributed by atoms with van der Waals surface area (Å²) in [7, 11) is 0. The normalized spacial score (nSPS) is 21.2. The van der Waals surface area contributed by atoms with E-state index in [1.165, 1.54) is 5.56 Å². The summed E-state index contributed by atoms with van der Waals surface area (Å²) in [6.45, 7) is 5.10. The molecule has 0 aliphatic carbocycles. The Labute approximate surface area is 171 Å². The highest BCUT2D eigenvalue weighted by Crippen LogP contribution is 2.40. The molecule has 0 unspecified atom stereocenters. The Morgan fingerprint density at radius 2 is 1.59 bits per heavy atom. The molecule has 2 aromatic rings. The third-order valence-corrected chi connectivity index (χ3v) is 6.42. The van der Waals surface area contributed by atoms with Crippen LogP contribution in [0.2, 0.25) is 0 Å². The van der Waals surface area contributed by atoms with Crippen molar-refractivity contribution >= 4 is 5.91 Å². The van der Waals surface area contributed by atoms with Gasteiger partial charge in [-0.05, 0) is 36.6 Å². The van der Waals surface area contributed by atoms with Crippen LogP contribution >= 0.6 is 0 Å². The summed E-state index contributed by atoms with van der Waals surface area (Å²) in [5, 5.41) is 0. The number of piperidine rings is 1. The van der Waals surface area contributed by atoms with E-state index in [4.69, 9.17) is 14.2 Å². The number of carbonyl (C=O) groups excluding carboxylic acids is 1. The maximum Gasteiger partial charge on any atom is 0.253 e. The van der Waals surface area contributed by atoms with Gasteiger partial charge in [0.1, 0.15) is 0 Å². The van der Waals surface area contributed by atoms with E-state index in [2.05, 4.69) is 35.2 Å². The average Bonchev–Trinajstić information content (AvgIpc) is 3.28. The number of fused-ring (bicyclic) bond motifs is 1. The first kappa shape index (κ1) is 18.5. The maximum atomic E-state index is 13.1. The van der Waals surface area contributed by atoms with Gasteiger partial charge in [-0.1, -0.05) is 30.3 Å². The number of hydrogen-bond acceptors (Lipinski definition) is 5. The third kappa shape index (κ3) is 3.36. The van der Waals surface area contributed by atoms with Gasteiger partial charge >= 0.3 is 0 Å². The lowest BCUT2D eigenvalue weighted by molar-refractivity contribution is -0.0482. The van der Waals surface area contributed by atoms with Gasteiger partial charge in [0.25, 0.3) is 5.91 Å². The Kier molecular flexibility index (Phi) is 4.89. The van der Waals surface area contributed by atoms with E-state index in [9.17, 15) is 4.79 Å². The van der Waals surface area contributed by atoms with Gasteiger partial charge in [-0.25, -0.2) is 0 Å². The standard InChI is InChI=1S/C23H26N2O4/c26-22(18-6-7-20-21(16-18)29-17-28-20)24-10-8-23(9-11-24,19-4-2-1-3-5-19)25-12-14-27-15-13-25/h1-7,16H,8-15,17H2. The van der Waals surface area contributed by atoms with Crippen molar-refractivity contribution in [2.24, 2.45) is 0 Å². The van der Waals surface area contributed by atoms with Crippen molar-refractivity contribution in [3.63, 3.8) is 0 Å². The van der Waals surface area contributed by atoms with Gasteiger partial charge in [-0.15, -0.1) is 0 Å². The fourth-order valence-corrected chi connectivity index (χ4v) is 4.82. The molecule has 3 heterocycles. The topological polar surface area (TPSA) is 51.2 Å². The van der Waals surface area contributed by atoms with Crippen molar-refractivity contribution in [3.05, 3.63) is 59.7 Å². The highest BCUT2D eigenvalue weighted by molar-refractivity contribution is 5.95. The Hall–Kier alpha value is -2.57. The van der Waals surface area contributed by atoms with E-state index in [1.807, 2.05) is 17.0 Å². The van der Waals surface area contributed by atoms with Crippen LogP contribution in [0.15, 0.2) is 48.5 Å². The molecule has 6 nitrogen and oxygen atoms in total. The van der Waals surface area contributed by atoms with Crippen LogP contribution in [0.25, 0.3) is 0 Å². The van der Waals surface area contributed by atoms with Crippen molar-refractivity contribution < 1.29 is 19.0 Å². The lowest BCUT2D eigenvalue weighted by Crippen LogP contribution is -2.57. The van der Waals surface area contributed by atoms with Crippen LogP contribution < -0.4 is 9.47 Å². The van der Waals surface area contributed by atoms with Crippen LogP contribution in [0.4, 0.5) is 0 Å². The molecule has 2 saturated heterocycles. The Balaban J connectivity index is 1.36. The van der Waals surface area contributed by atoms with E-state index >= 15 is 0 Å². The highest BCUT2D eigenvalue weighted by atomic mass is 16.7. The number of morpholine rings is 1. The number of carbonyl (C=O) groups is 1. The smallest absolute Gasteiger partial charge is 0.253 e. The largest absolute Gasteiger partial charge is 0.454 e. The molecule has 0 aromatic heterocycles. The van der Waals surface area contributed by atoms with Gasteiger partial charge in [-0.3, -0.25) is 9.69 Å². The molecule has 2 aromatic carbocycles. The number of rotatable bonds is 3. The zero-order valence-corrected chi connectivity index (χ0v) is 16.5. The molecule has 3 aliphatic heterocycles. The second-order valence-electron chi connectivity index (χ2n) is 7.86. The number of benzene rings is 2. The van der Waals surface area contributed by atoms with Crippen LogP contribution in [0.3, 0.4) is 0 Å². The van der Waals surface area contributed by atoms with E-state index in [0.29, 0.717) is 17.1 Å². The zero-order chi connectivity index (χ0) is 19.7. The minimum atomic E-state index is -0.0310. The first-order valence-corrected chi connectivity index (χ1v) is 10.3. The molecule has 0 radical (unpaired) electrons. The van der Waals surface area contributed by atoms with Crippen molar-refractivity contribution in [3.8, 4) is 11.5 Å². The third-order valence-electron chi connectivity index (χ3n) is 6.42. The molecular weight excluding hydrogens is 368 g/mol. The minimum absolute atomic E-state index is 0.0310. The van der Waals surface area contributed by atoms with Gasteiger partial charge in [0.15, 0.2) is 11.5 Å². The molecule has 6 heteroatoms. The molecule has 29 heavy (non-hydrogen) atoms. The van der Waals surface area contributed by atoms with Crippen molar-refractivity contribution in [1.29, 1.82) is 0 Å². The lowest BCUT2D eigenvalue weighted by Gasteiger charge is -2.50. The predicted octanol–water partition coefficient (Wildman–Crippen LogP) is 2.88. The number of ether oxygens (including phenoxy) is 3. The van der Waals surface area contributed by atoms with Crippen molar-refractivity contribution in [2.45, 2.75) is 18.4 Å². The molecule has 0 atom stereocenters. The molecular formula is C23H26N2O4. The van der Waals surface area contributed by atoms with Crippen LogP contribution in [0.1, 0.15) is 28.8 Å². The SMILES string of the molecule is O=C(c1ccc2c(c1)OCO2)N1CCC(c2ccccc2)(N2CCOCC2)CC1. The summed E-state index contributed by atoms with van der Waals surface area (Å²) in [5.74, 6) is 1.42. The summed E-state index contributed by atoms with van der Waals surface area (Å²) < 4.78 is 16.4. The molecule has 3 aliphatic rings. The molecule has 0 bridgehead atoms. The molecule has 1 amide bonds. The number of hydrogen-bond donors (Lipinski definition) is 0. The summed E-state index contributed by atoms with van der Waals surface area (Å²) in [4.78, 5) is 17.7. The fourth-order valence-electron chi connectivity index (χ4n) is 4.82. The van der Waals surface area contributed by atoms with Gasteiger partial charge in [0, 0.05) is 37.3 Å². The Morgan fingerprint density at radius 1 is 0.862 bits per heavy atom. The minimum Gasteiger partial charge on any atom is -0.454 e. The lowest BCUT2D eigenvalue weighted by atomic mass is 9.79. The second kappa shape index (κ2) is 7.69. The van der Waals surface area contributed by atoms with Gasteiger partial charge in [0.05, 0.1) is 13.2 Å². The summed E-state index contributed by atoms with van der Waals surface area (Å²) >= 11 is 0.